The predicted molar refractivity (Wildman–Crippen MR) is 71.7 cm³/mol. The number of aromatic nitrogens is 3. The van der Waals surface area contributed by atoms with Gasteiger partial charge in [0.15, 0.2) is 5.16 Å². The first kappa shape index (κ1) is 13.3. The standard InChI is InChI=1S/C10H18N6OS/c1-17-6-7-18-10-13-8(15-11)12-9(14-10)16-4-2-3-5-16/h2-7,11H2,1H3,(H,12,13,14,15). The van der Waals surface area contributed by atoms with Gasteiger partial charge in [0.05, 0.1) is 6.61 Å². The van der Waals surface area contributed by atoms with Gasteiger partial charge < -0.3 is 9.64 Å². The molecule has 3 N–H and O–H groups in total. The molecule has 8 heteroatoms. The molecular formula is C10H18N6OS. The van der Waals surface area contributed by atoms with Gasteiger partial charge in [-0.3, -0.25) is 5.43 Å². The maximum absolute atomic E-state index is 5.39. The van der Waals surface area contributed by atoms with Crippen LogP contribution in [0.3, 0.4) is 0 Å². The van der Waals surface area contributed by atoms with Gasteiger partial charge in [-0.2, -0.15) is 15.0 Å². The summed E-state index contributed by atoms with van der Waals surface area (Å²) in [5, 5.41) is 0.678. The van der Waals surface area contributed by atoms with Crippen molar-refractivity contribution in [3.05, 3.63) is 0 Å². The van der Waals surface area contributed by atoms with Crippen molar-refractivity contribution in [2.45, 2.75) is 18.0 Å². The van der Waals surface area contributed by atoms with E-state index in [1.54, 1.807) is 7.11 Å². The number of thioether (sulfide) groups is 1. The average Bonchev–Trinajstić information content (AvgIpc) is 2.92. The first-order chi connectivity index (χ1) is 8.83. The van der Waals surface area contributed by atoms with E-state index >= 15 is 0 Å². The fraction of sp³-hybridized carbons (Fsp3) is 0.700. The number of ether oxygens (including phenoxy) is 1. The molecule has 1 aliphatic heterocycles. The fourth-order valence-corrected chi connectivity index (χ4v) is 2.48. The van der Waals surface area contributed by atoms with Crippen LogP contribution in [-0.4, -0.2) is 47.5 Å². The fourth-order valence-electron chi connectivity index (χ4n) is 1.75. The van der Waals surface area contributed by atoms with Crippen LogP contribution in [0.5, 0.6) is 0 Å². The van der Waals surface area contributed by atoms with Gasteiger partial charge in [-0.1, -0.05) is 11.8 Å². The highest BCUT2D eigenvalue weighted by atomic mass is 32.2. The third-order valence-corrected chi connectivity index (χ3v) is 3.45. The highest BCUT2D eigenvalue weighted by Gasteiger charge is 2.17. The Hall–Kier alpha value is -1.12. The van der Waals surface area contributed by atoms with Crippen molar-refractivity contribution < 1.29 is 4.74 Å². The van der Waals surface area contributed by atoms with Gasteiger partial charge in [0.25, 0.3) is 0 Å². The Morgan fingerprint density at radius 1 is 1.33 bits per heavy atom. The number of hydrogen-bond acceptors (Lipinski definition) is 8. The smallest absolute Gasteiger partial charge is 0.242 e. The molecule has 0 unspecified atom stereocenters. The molecule has 0 aromatic carbocycles. The molecule has 1 aliphatic rings. The monoisotopic (exact) mass is 270 g/mol. The number of nitrogens with two attached hydrogens (primary N) is 1. The Labute approximate surface area is 110 Å². The van der Waals surface area contributed by atoms with Crippen molar-refractivity contribution >= 4 is 23.7 Å². The zero-order valence-corrected chi connectivity index (χ0v) is 11.2. The Bertz CT molecular complexity index is 385. The van der Waals surface area contributed by atoms with Crippen molar-refractivity contribution in [1.82, 2.24) is 15.0 Å². The largest absolute Gasteiger partial charge is 0.384 e. The zero-order valence-electron chi connectivity index (χ0n) is 10.4. The van der Waals surface area contributed by atoms with Crippen molar-refractivity contribution in [3.8, 4) is 0 Å². The van der Waals surface area contributed by atoms with E-state index in [9.17, 15) is 0 Å². The van der Waals surface area contributed by atoms with E-state index in [0.717, 1.165) is 18.8 Å². The Kier molecular flexibility index (Phi) is 4.97. The number of hydrogen-bond donors (Lipinski definition) is 2. The van der Waals surface area contributed by atoms with Crippen LogP contribution in [-0.2, 0) is 4.74 Å². The minimum absolute atomic E-state index is 0.409. The second-order valence-electron chi connectivity index (χ2n) is 3.92. The van der Waals surface area contributed by atoms with E-state index < -0.39 is 0 Å². The minimum atomic E-state index is 0.409. The highest BCUT2D eigenvalue weighted by molar-refractivity contribution is 7.99. The second-order valence-corrected chi connectivity index (χ2v) is 4.98. The lowest BCUT2D eigenvalue weighted by molar-refractivity contribution is 0.218. The number of hydrazine groups is 1. The lowest BCUT2D eigenvalue weighted by Gasteiger charge is -2.16. The molecule has 2 rings (SSSR count). The van der Waals surface area contributed by atoms with Crippen LogP contribution in [0.25, 0.3) is 0 Å². The molecule has 0 amide bonds. The Morgan fingerprint density at radius 2 is 2.11 bits per heavy atom. The van der Waals surface area contributed by atoms with Gasteiger partial charge in [0.2, 0.25) is 11.9 Å². The quantitative estimate of drug-likeness (QED) is 0.334. The van der Waals surface area contributed by atoms with Crippen LogP contribution in [0.15, 0.2) is 5.16 Å². The summed E-state index contributed by atoms with van der Waals surface area (Å²) in [5.41, 5.74) is 2.49. The van der Waals surface area contributed by atoms with Crippen molar-refractivity contribution in [2.24, 2.45) is 5.84 Å². The maximum atomic E-state index is 5.39. The van der Waals surface area contributed by atoms with E-state index in [0.29, 0.717) is 23.7 Å². The summed E-state index contributed by atoms with van der Waals surface area (Å²) >= 11 is 1.54. The number of nitrogens with one attached hydrogen (secondary N) is 1. The number of anilines is 2. The summed E-state index contributed by atoms with van der Waals surface area (Å²) < 4.78 is 5.01. The molecule has 1 aromatic heterocycles. The number of rotatable bonds is 6. The van der Waals surface area contributed by atoms with E-state index in [1.807, 2.05) is 0 Å². The maximum Gasteiger partial charge on any atom is 0.242 e. The van der Waals surface area contributed by atoms with Crippen molar-refractivity contribution in [1.29, 1.82) is 0 Å². The van der Waals surface area contributed by atoms with E-state index in [2.05, 4.69) is 25.3 Å². The average molecular weight is 270 g/mol. The number of nitrogens with zero attached hydrogens (tertiary/aromatic N) is 4. The lowest BCUT2D eigenvalue weighted by atomic mass is 10.4. The van der Waals surface area contributed by atoms with Gasteiger partial charge in [-0.05, 0) is 12.8 Å². The van der Waals surface area contributed by atoms with Crippen LogP contribution < -0.4 is 16.2 Å². The molecule has 1 saturated heterocycles. The SMILES string of the molecule is COCCSc1nc(NN)nc(N2CCCC2)n1. The van der Waals surface area contributed by atoms with Gasteiger partial charge in [-0.25, -0.2) is 5.84 Å². The molecule has 7 nitrogen and oxygen atoms in total. The molecule has 0 saturated carbocycles. The van der Waals surface area contributed by atoms with Crippen LogP contribution in [0, 0.1) is 0 Å². The Balaban J connectivity index is 2.10. The van der Waals surface area contributed by atoms with Gasteiger partial charge in [0.1, 0.15) is 0 Å². The Morgan fingerprint density at radius 3 is 2.78 bits per heavy atom. The zero-order chi connectivity index (χ0) is 12.8. The summed E-state index contributed by atoms with van der Waals surface area (Å²) in [6.07, 6.45) is 2.37. The molecule has 1 fully saturated rings. The topological polar surface area (TPSA) is 89.2 Å². The number of methoxy groups -OCH3 is 1. The molecular weight excluding hydrogens is 252 g/mol. The van der Waals surface area contributed by atoms with E-state index in [4.69, 9.17) is 10.6 Å². The molecule has 1 aromatic rings. The molecule has 2 heterocycles. The molecule has 0 radical (unpaired) electrons. The predicted octanol–water partition coefficient (Wildman–Crippen LogP) is 0.496. The van der Waals surface area contributed by atoms with Gasteiger partial charge >= 0.3 is 0 Å². The molecule has 0 bridgehead atoms. The number of nitrogen functional groups attached to an aromatic ring is 1. The molecule has 18 heavy (non-hydrogen) atoms. The molecule has 100 valence electrons. The van der Waals surface area contributed by atoms with Crippen molar-refractivity contribution in [3.63, 3.8) is 0 Å². The first-order valence-electron chi connectivity index (χ1n) is 5.93. The van der Waals surface area contributed by atoms with Gasteiger partial charge in [0, 0.05) is 26.0 Å². The molecule has 0 aliphatic carbocycles. The molecule has 0 spiro atoms. The third-order valence-electron chi connectivity index (χ3n) is 2.64. The summed E-state index contributed by atoms with van der Waals surface area (Å²) in [6, 6.07) is 0. The first-order valence-corrected chi connectivity index (χ1v) is 6.91. The lowest BCUT2D eigenvalue weighted by Crippen LogP contribution is -2.22. The van der Waals surface area contributed by atoms with E-state index in [-0.39, 0.29) is 0 Å². The van der Waals surface area contributed by atoms with Crippen LogP contribution in [0.2, 0.25) is 0 Å². The normalized spacial score (nSPS) is 15.1. The van der Waals surface area contributed by atoms with E-state index in [1.165, 1.54) is 24.6 Å². The van der Waals surface area contributed by atoms with Crippen molar-refractivity contribution in [2.75, 3.05) is 42.9 Å². The van der Waals surface area contributed by atoms with Crippen LogP contribution >= 0.6 is 11.8 Å². The summed E-state index contributed by atoms with van der Waals surface area (Å²) in [6.45, 7) is 2.66. The second kappa shape index (κ2) is 6.72. The third kappa shape index (κ3) is 3.44. The van der Waals surface area contributed by atoms with Crippen LogP contribution in [0.1, 0.15) is 12.8 Å². The highest BCUT2D eigenvalue weighted by Crippen LogP contribution is 2.21. The van der Waals surface area contributed by atoms with Gasteiger partial charge in [-0.15, -0.1) is 0 Å². The summed E-state index contributed by atoms with van der Waals surface area (Å²) in [4.78, 5) is 15.1. The minimum Gasteiger partial charge on any atom is -0.384 e. The molecule has 0 atom stereocenters. The van der Waals surface area contributed by atoms with Crippen LogP contribution in [0.4, 0.5) is 11.9 Å². The summed E-state index contributed by atoms with van der Waals surface area (Å²) in [7, 11) is 1.68. The summed E-state index contributed by atoms with van der Waals surface area (Å²) in [5.74, 6) is 7.31.